The normalized spacial score (nSPS) is 12.3. The molecule has 8 nitrogen and oxygen atoms in total. The number of rotatable bonds is 8. The van der Waals surface area contributed by atoms with Gasteiger partial charge in [-0.3, -0.25) is 13.4 Å². The SMILES string of the molecule is CC(CCCNCCO)Nc1ccnc2cc(Cl)ccc12.O=S(=O)([O-])[O-]. The molecule has 1 heterocycles. The van der Waals surface area contributed by atoms with Crippen LogP contribution in [0.3, 0.4) is 0 Å². The van der Waals surface area contributed by atoms with Crippen molar-refractivity contribution in [1.29, 1.82) is 0 Å². The van der Waals surface area contributed by atoms with Gasteiger partial charge in [0, 0.05) is 45.3 Å². The number of hydrogen-bond acceptors (Lipinski definition) is 8. The Morgan fingerprint density at radius 3 is 2.62 bits per heavy atom. The summed E-state index contributed by atoms with van der Waals surface area (Å²) in [5.74, 6) is 0. The van der Waals surface area contributed by atoms with Crippen molar-refractivity contribution < 1.29 is 22.6 Å². The third-order valence-corrected chi connectivity index (χ3v) is 3.62. The van der Waals surface area contributed by atoms with E-state index in [2.05, 4.69) is 22.5 Å². The Bertz CT molecular complexity index is 781. The zero-order valence-electron chi connectivity index (χ0n) is 14.3. The first-order chi connectivity index (χ1) is 12.2. The first-order valence-corrected chi connectivity index (χ1v) is 9.71. The Morgan fingerprint density at radius 1 is 1.27 bits per heavy atom. The lowest BCUT2D eigenvalue weighted by Gasteiger charge is -2.17. The summed E-state index contributed by atoms with van der Waals surface area (Å²) in [7, 11) is -5.17. The van der Waals surface area contributed by atoms with E-state index in [1.165, 1.54) is 0 Å². The maximum absolute atomic E-state index is 8.70. The molecule has 1 aromatic heterocycles. The number of benzene rings is 1. The number of aromatic nitrogens is 1. The van der Waals surface area contributed by atoms with Crippen LogP contribution in [0.1, 0.15) is 19.8 Å². The van der Waals surface area contributed by atoms with Gasteiger partial charge < -0.3 is 24.8 Å². The topological polar surface area (TPSA) is 137 Å². The van der Waals surface area contributed by atoms with Crippen molar-refractivity contribution in [3.8, 4) is 0 Å². The Morgan fingerprint density at radius 2 is 1.96 bits per heavy atom. The van der Waals surface area contributed by atoms with Crippen molar-refractivity contribution in [3.63, 3.8) is 0 Å². The van der Waals surface area contributed by atoms with Crippen molar-refractivity contribution in [3.05, 3.63) is 35.5 Å². The van der Waals surface area contributed by atoms with Gasteiger partial charge in [-0.2, -0.15) is 0 Å². The van der Waals surface area contributed by atoms with Crippen LogP contribution in [0.2, 0.25) is 5.02 Å². The second-order valence-corrected chi connectivity index (χ2v) is 6.84. The minimum absolute atomic E-state index is 0.194. The summed E-state index contributed by atoms with van der Waals surface area (Å²) in [5.41, 5.74) is 2.00. The van der Waals surface area contributed by atoms with Crippen LogP contribution in [0.4, 0.5) is 5.69 Å². The largest absolute Gasteiger partial charge is 0.759 e. The van der Waals surface area contributed by atoms with Crippen LogP contribution in [0.15, 0.2) is 30.5 Å². The molecule has 0 aliphatic carbocycles. The third kappa shape index (κ3) is 9.85. The van der Waals surface area contributed by atoms with E-state index in [4.69, 9.17) is 34.2 Å². The molecule has 0 bridgehead atoms. The second-order valence-electron chi connectivity index (χ2n) is 5.59. The highest BCUT2D eigenvalue weighted by Gasteiger charge is 2.06. The van der Waals surface area contributed by atoms with Gasteiger partial charge in [-0.05, 0) is 50.6 Å². The molecule has 10 heteroatoms. The van der Waals surface area contributed by atoms with E-state index in [9.17, 15) is 0 Å². The van der Waals surface area contributed by atoms with Crippen molar-refractivity contribution in [2.75, 3.05) is 25.0 Å². The molecule has 0 spiro atoms. The van der Waals surface area contributed by atoms with Gasteiger partial charge in [0.15, 0.2) is 0 Å². The zero-order chi connectivity index (χ0) is 19.6. The summed E-state index contributed by atoms with van der Waals surface area (Å²) in [5, 5.41) is 17.2. The highest BCUT2D eigenvalue weighted by Crippen LogP contribution is 2.25. The van der Waals surface area contributed by atoms with Crippen molar-refractivity contribution in [2.24, 2.45) is 0 Å². The number of nitrogens with zero attached hydrogens (tertiary/aromatic N) is 1. The standard InChI is InChI=1S/C16H22ClN3O.H2O4S/c1-12(3-2-7-18-9-10-21)20-15-6-8-19-16-11-13(17)4-5-14(15)16;1-5(2,3)4/h4-6,8,11-12,18,21H,2-3,7,9-10H2,1H3,(H,19,20);(H2,1,2,3,4)/p-2. The van der Waals surface area contributed by atoms with Crippen LogP contribution in [0.5, 0.6) is 0 Å². The predicted octanol–water partition coefficient (Wildman–Crippen LogP) is 1.71. The molecule has 1 unspecified atom stereocenters. The molecular formula is C16H22ClN3O5S-2. The second kappa shape index (κ2) is 11.3. The Labute approximate surface area is 158 Å². The molecule has 1 atom stereocenters. The Balaban J connectivity index is 0.000000597. The van der Waals surface area contributed by atoms with Gasteiger partial charge in [-0.1, -0.05) is 11.6 Å². The Kier molecular flexibility index (Phi) is 9.78. The molecule has 0 aliphatic rings. The average molecular weight is 404 g/mol. The highest BCUT2D eigenvalue weighted by molar-refractivity contribution is 7.79. The van der Waals surface area contributed by atoms with Crippen LogP contribution in [-0.2, 0) is 10.4 Å². The van der Waals surface area contributed by atoms with Crippen LogP contribution in [-0.4, -0.2) is 53.4 Å². The number of halogens is 1. The van der Waals surface area contributed by atoms with Crippen LogP contribution < -0.4 is 10.6 Å². The van der Waals surface area contributed by atoms with Gasteiger partial charge in [0.05, 0.1) is 12.1 Å². The Hall–Kier alpha value is -1.49. The third-order valence-electron chi connectivity index (χ3n) is 3.39. The molecule has 1 aromatic carbocycles. The lowest BCUT2D eigenvalue weighted by atomic mass is 10.1. The molecule has 2 aromatic rings. The van der Waals surface area contributed by atoms with E-state index in [0.29, 0.717) is 17.6 Å². The van der Waals surface area contributed by atoms with E-state index in [0.717, 1.165) is 36.0 Å². The van der Waals surface area contributed by atoms with Crippen molar-refractivity contribution in [2.45, 2.75) is 25.8 Å². The molecule has 26 heavy (non-hydrogen) atoms. The van der Waals surface area contributed by atoms with Crippen molar-refractivity contribution >= 4 is 38.6 Å². The molecular weight excluding hydrogens is 382 g/mol. The molecule has 3 N–H and O–H groups in total. The van der Waals surface area contributed by atoms with E-state index in [-0.39, 0.29) is 6.61 Å². The number of anilines is 1. The quantitative estimate of drug-likeness (QED) is 0.344. The zero-order valence-corrected chi connectivity index (χ0v) is 15.9. The minimum Gasteiger partial charge on any atom is -0.759 e. The van der Waals surface area contributed by atoms with Gasteiger partial charge in [-0.15, -0.1) is 0 Å². The smallest absolute Gasteiger partial charge is 0.0737 e. The van der Waals surface area contributed by atoms with E-state index in [1.807, 2.05) is 24.3 Å². The average Bonchev–Trinajstić information content (AvgIpc) is 2.53. The predicted molar refractivity (Wildman–Crippen MR) is 99.5 cm³/mol. The fourth-order valence-corrected chi connectivity index (χ4v) is 2.49. The van der Waals surface area contributed by atoms with Crippen LogP contribution >= 0.6 is 11.6 Å². The fraction of sp³-hybridized carbons (Fsp3) is 0.438. The molecule has 0 saturated heterocycles. The number of aliphatic hydroxyl groups excluding tert-OH is 1. The van der Waals surface area contributed by atoms with Gasteiger partial charge in [0.2, 0.25) is 0 Å². The molecule has 0 amide bonds. The molecule has 146 valence electrons. The first kappa shape index (κ1) is 22.6. The minimum atomic E-state index is -5.17. The van der Waals surface area contributed by atoms with Crippen molar-refractivity contribution in [1.82, 2.24) is 10.3 Å². The lowest BCUT2D eigenvalue weighted by Crippen LogP contribution is -2.22. The van der Waals surface area contributed by atoms with Crippen LogP contribution in [0.25, 0.3) is 10.9 Å². The monoisotopic (exact) mass is 403 g/mol. The summed E-state index contributed by atoms with van der Waals surface area (Å²) in [6.07, 6.45) is 3.94. The summed E-state index contributed by atoms with van der Waals surface area (Å²) < 4.78 is 34.1. The van der Waals surface area contributed by atoms with E-state index >= 15 is 0 Å². The fourth-order valence-electron chi connectivity index (χ4n) is 2.32. The number of pyridine rings is 1. The number of fused-ring (bicyclic) bond motifs is 1. The summed E-state index contributed by atoms with van der Waals surface area (Å²) in [4.78, 5) is 4.35. The van der Waals surface area contributed by atoms with Gasteiger partial charge in [-0.25, -0.2) is 0 Å². The molecule has 0 aliphatic heterocycles. The van der Waals surface area contributed by atoms with Crippen LogP contribution in [0, 0.1) is 0 Å². The van der Waals surface area contributed by atoms with E-state index in [1.54, 1.807) is 6.20 Å². The van der Waals surface area contributed by atoms with E-state index < -0.39 is 10.4 Å². The number of hydrogen-bond donors (Lipinski definition) is 3. The maximum atomic E-state index is 8.70. The summed E-state index contributed by atoms with van der Waals surface area (Å²) in [6.45, 7) is 3.96. The molecule has 0 radical (unpaired) electrons. The van der Waals surface area contributed by atoms with Gasteiger partial charge in [0.25, 0.3) is 0 Å². The highest BCUT2D eigenvalue weighted by atomic mass is 35.5. The summed E-state index contributed by atoms with van der Waals surface area (Å²) >= 11 is 6.00. The van der Waals surface area contributed by atoms with Gasteiger partial charge >= 0.3 is 0 Å². The van der Waals surface area contributed by atoms with Gasteiger partial charge in [0.1, 0.15) is 0 Å². The molecule has 0 saturated carbocycles. The molecule has 2 rings (SSSR count). The lowest BCUT2D eigenvalue weighted by molar-refractivity contribution is 0.292. The number of nitrogens with one attached hydrogen (secondary N) is 2. The first-order valence-electron chi connectivity index (χ1n) is 8.00. The molecule has 0 fully saturated rings. The maximum Gasteiger partial charge on any atom is 0.0737 e. The number of aliphatic hydroxyl groups is 1. The summed E-state index contributed by atoms with van der Waals surface area (Å²) in [6, 6.07) is 8.15.